The fraction of sp³-hybridized carbons (Fsp3) is 0.476. The Hall–Kier alpha value is -2.14. The van der Waals surface area contributed by atoms with Gasteiger partial charge in [0.25, 0.3) is 0 Å². The maximum Gasteiger partial charge on any atom is 0.451 e. The zero-order chi connectivity index (χ0) is 22.5. The van der Waals surface area contributed by atoms with Crippen LogP contribution in [-0.2, 0) is 10.9 Å². The molecule has 1 atom stereocenters. The first-order valence-electron chi connectivity index (χ1n) is 10.5. The Morgan fingerprint density at radius 3 is 2.42 bits per heavy atom. The number of ether oxygens (including phenoxy) is 1. The van der Waals surface area contributed by atoms with E-state index in [9.17, 15) is 13.2 Å². The number of hydrogen-bond donors (Lipinski definition) is 0. The van der Waals surface area contributed by atoms with Crippen molar-refractivity contribution in [1.82, 2.24) is 24.4 Å². The van der Waals surface area contributed by atoms with Crippen LogP contribution in [0.2, 0.25) is 5.02 Å². The van der Waals surface area contributed by atoms with Crippen LogP contribution in [0.5, 0.6) is 0 Å². The third-order valence-electron chi connectivity index (χ3n) is 5.96. The third kappa shape index (κ3) is 4.49. The Kier molecular flexibility index (Phi) is 6.73. The molecule has 2 fully saturated rings. The molecule has 0 N–H and O–H groups in total. The van der Waals surface area contributed by atoms with Crippen molar-refractivity contribution in [3.05, 3.63) is 35.1 Å². The zero-order valence-corrected chi connectivity index (χ0v) is 19.4. The molecule has 178 valence electrons. The summed E-state index contributed by atoms with van der Waals surface area (Å²) in [5.41, 5.74) is 1.15. The van der Waals surface area contributed by atoms with Crippen LogP contribution in [0.1, 0.15) is 18.3 Å². The van der Waals surface area contributed by atoms with E-state index >= 15 is 0 Å². The number of likely N-dealkylation sites (N-methyl/N-ethyl adjacent to an activating group) is 1. The van der Waals surface area contributed by atoms with Crippen molar-refractivity contribution in [2.75, 3.05) is 51.3 Å². The average Bonchev–Trinajstić information content (AvgIpc) is 3.41. The molecule has 0 radical (unpaired) electrons. The highest BCUT2D eigenvalue weighted by molar-refractivity contribution is 6.33. The predicted molar refractivity (Wildman–Crippen MR) is 122 cm³/mol. The summed E-state index contributed by atoms with van der Waals surface area (Å²) >= 11 is 6.46. The molecule has 2 saturated heterocycles. The molecular weight excluding hydrogens is 480 g/mol. The second kappa shape index (κ2) is 9.25. The summed E-state index contributed by atoms with van der Waals surface area (Å²) in [5, 5.41) is 0.466. The minimum atomic E-state index is -4.68. The van der Waals surface area contributed by atoms with E-state index in [0.717, 1.165) is 13.1 Å². The zero-order valence-electron chi connectivity index (χ0n) is 17.8. The number of hydrogen-bond acceptors (Lipinski definition) is 6. The van der Waals surface area contributed by atoms with Gasteiger partial charge in [-0.15, -0.1) is 12.4 Å². The minimum absolute atomic E-state index is 0. The number of piperazine rings is 1. The van der Waals surface area contributed by atoms with E-state index < -0.39 is 12.0 Å². The minimum Gasteiger partial charge on any atom is -0.379 e. The molecule has 2 aliphatic rings. The summed E-state index contributed by atoms with van der Waals surface area (Å²) < 4.78 is 48.7. The molecule has 4 heterocycles. The molecule has 0 bridgehead atoms. The molecule has 0 aliphatic carbocycles. The molecule has 2 aromatic heterocycles. The highest BCUT2D eigenvalue weighted by atomic mass is 35.5. The van der Waals surface area contributed by atoms with Crippen molar-refractivity contribution in [2.45, 2.75) is 18.6 Å². The Morgan fingerprint density at radius 1 is 1.06 bits per heavy atom. The molecule has 0 saturated carbocycles. The Morgan fingerprint density at radius 2 is 1.79 bits per heavy atom. The molecule has 5 rings (SSSR count). The number of nitrogens with zero attached hydrogens (tertiary/aromatic N) is 6. The smallest absolute Gasteiger partial charge is 0.379 e. The monoisotopic (exact) mass is 502 g/mol. The number of aromatic nitrogens is 4. The molecule has 1 aromatic carbocycles. The molecule has 12 heteroatoms. The summed E-state index contributed by atoms with van der Waals surface area (Å²) in [7, 11) is 1.98. The normalized spacial score (nSPS) is 19.8. The number of halogens is 5. The van der Waals surface area contributed by atoms with E-state index in [1.165, 1.54) is 0 Å². The third-order valence-corrected chi connectivity index (χ3v) is 6.29. The number of anilines is 1. The molecule has 1 unspecified atom stereocenters. The standard InChI is InChI=1S/C21H22ClF3N6O.ClH/c1-29-7-9-30(10-8-29)18-16-19(28-20(27-18)21(23,24)25)31(13-6-11-32-12-13)17(26-16)14-4-2-3-5-15(14)22;/h2-5,13H,6-12H2,1H3;1H. The Balaban J connectivity index is 0.00000259. The van der Waals surface area contributed by atoms with E-state index in [2.05, 4.69) is 14.9 Å². The molecule has 33 heavy (non-hydrogen) atoms. The maximum absolute atomic E-state index is 13.8. The van der Waals surface area contributed by atoms with Crippen molar-refractivity contribution >= 4 is 41.0 Å². The summed E-state index contributed by atoms with van der Waals surface area (Å²) in [6.07, 6.45) is -4.03. The van der Waals surface area contributed by atoms with Crippen LogP contribution >= 0.6 is 24.0 Å². The molecule has 7 nitrogen and oxygen atoms in total. The largest absolute Gasteiger partial charge is 0.451 e. The van der Waals surface area contributed by atoms with Crippen molar-refractivity contribution in [1.29, 1.82) is 0 Å². The van der Waals surface area contributed by atoms with Crippen LogP contribution in [-0.4, -0.2) is 70.9 Å². The van der Waals surface area contributed by atoms with Crippen molar-refractivity contribution in [3.8, 4) is 11.4 Å². The van der Waals surface area contributed by atoms with Gasteiger partial charge in [-0.1, -0.05) is 23.7 Å². The summed E-state index contributed by atoms with van der Waals surface area (Å²) in [4.78, 5) is 16.7. The lowest BCUT2D eigenvalue weighted by atomic mass is 10.2. The Bertz CT molecular complexity index is 1140. The fourth-order valence-electron chi connectivity index (χ4n) is 4.23. The quantitative estimate of drug-likeness (QED) is 0.532. The molecule has 0 amide bonds. The average molecular weight is 503 g/mol. The lowest BCUT2D eigenvalue weighted by Gasteiger charge is -2.33. The van der Waals surface area contributed by atoms with Gasteiger partial charge in [-0.05, 0) is 25.6 Å². The van der Waals surface area contributed by atoms with E-state index in [0.29, 0.717) is 54.7 Å². The lowest BCUT2D eigenvalue weighted by Crippen LogP contribution is -2.45. The number of benzene rings is 1. The second-order valence-electron chi connectivity index (χ2n) is 8.13. The number of fused-ring (bicyclic) bond motifs is 1. The lowest BCUT2D eigenvalue weighted by molar-refractivity contribution is -0.144. The van der Waals surface area contributed by atoms with Gasteiger partial charge in [-0.2, -0.15) is 13.2 Å². The van der Waals surface area contributed by atoms with Gasteiger partial charge in [0.15, 0.2) is 17.0 Å². The molecule has 0 spiro atoms. The van der Waals surface area contributed by atoms with Crippen LogP contribution in [0.4, 0.5) is 19.0 Å². The highest BCUT2D eigenvalue weighted by Gasteiger charge is 2.38. The van der Waals surface area contributed by atoms with Gasteiger partial charge in [0.2, 0.25) is 5.82 Å². The van der Waals surface area contributed by atoms with Crippen molar-refractivity contribution < 1.29 is 17.9 Å². The summed E-state index contributed by atoms with van der Waals surface area (Å²) in [5.74, 6) is -0.476. The first kappa shape index (κ1) is 24.0. The fourth-order valence-corrected chi connectivity index (χ4v) is 4.45. The highest BCUT2D eigenvalue weighted by Crippen LogP contribution is 2.38. The van der Waals surface area contributed by atoms with E-state index in [-0.39, 0.29) is 29.9 Å². The SMILES string of the molecule is CN1CCN(c2nc(C(F)(F)F)nc3c2nc(-c2ccccc2Cl)n3C2CCOC2)CC1.Cl. The predicted octanol–water partition coefficient (Wildman–Crippen LogP) is 4.30. The molecule has 3 aromatic rings. The van der Waals surface area contributed by atoms with E-state index in [1.807, 2.05) is 24.1 Å². The van der Waals surface area contributed by atoms with Gasteiger partial charge < -0.3 is 19.1 Å². The Labute approximate surface area is 199 Å². The first-order valence-corrected chi connectivity index (χ1v) is 10.8. The van der Waals surface area contributed by atoms with Crippen LogP contribution < -0.4 is 4.90 Å². The van der Waals surface area contributed by atoms with E-state index in [4.69, 9.17) is 21.3 Å². The van der Waals surface area contributed by atoms with Crippen molar-refractivity contribution in [3.63, 3.8) is 0 Å². The number of rotatable bonds is 3. The van der Waals surface area contributed by atoms with Gasteiger partial charge in [-0.25, -0.2) is 15.0 Å². The van der Waals surface area contributed by atoms with Gasteiger partial charge >= 0.3 is 6.18 Å². The molecule has 2 aliphatic heterocycles. The van der Waals surface area contributed by atoms with Gasteiger partial charge in [0, 0.05) is 38.3 Å². The van der Waals surface area contributed by atoms with Gasteiger partial charge in [-0.3, -0.25) is 0 Å². The van der Waals surface area contributed by atoms with Gasteiger partial charge in [0.1, 0.15) is 5.82 Å². The van der Waals surface area contributed by atoms with Crippen LogP contribution in [0.25, 0.3) is 22.6 Å². The van der Waals surface area contributed by atoms with Crippen molar-refractivity contribution in [2.24, 2.45) is 0 Å². The van der Waals surface area contributed by atoms with E-state index in [1.54, 1.807) is 16.7 Å². The number of imidazole rings is 1. The van der Waals surface area contributed by atoms with Crippen LogP contribution in [0.3, 0.4) is 0 Å². The summed E-state index contributed by atoms with van der Waals surface area (Å²) in [6.45, 7) is 3.46. The second-order valence-corrected chi connectivity index (χ2v) is 8.54. The van der Waals surface area contributed by atoms with Crippen LogP contribution in [0, 0.1) is 0 Å². The first-order chi connectivity index (χ1) is 15.3. The topological polar surface area (TPSA) is 59.3 Å². The number of alkyl halides is 3. The summed E-state index contributed by atoms with van der Waals surface area (Å²) in [6, 6.07) is 6.98. The van der Waals surface area contributed by atoms with Gasteiger partial charge in [0.05, 0.1) is 17.7 Å². The maximum atomic E-state index is 13.8. The van der Waals surface area contributed by atoms with Crippen LogP contribution in [0.15, 0.2) is 24.3 Å². The molecular formula is C21H23Cl2F3N6O.